The summed E-state index contributed by atoms with van der Waals surface area (Å²) in [6.45, 7) is 0. The van der Waals surface area contributed by atoms with Crippen molar-refractivity contribution in [2.24, 2.45) is 7.05 Å². The summed E-state index contributed by atoms with van der Waals surface area (Å²) in [5.41, 5.74) is -0.0768. The Morgan fingerprint density at radius 3 is 2.53 bits per heavy atom. The molecule has 0 aliphatic heterocycles. The number of halogens is 2. The van der Waals surface area contributed by atoms with Crippen molar-refractivity contribution >= 4 is 28.4 Å². The van der Waals surface area contributed by atoms with Gasteiger partial charge in [0.15, 0.2) is 0 Å². The predicted molar refractivity (Wildman–Crippen MR) is 121 cm³/mol. The number of anilines is 2. The largest absolute Gasteiger partial charge is 0.373 e. The Labute approximate surface area is 183 Å². The lowest BCUT2D eigenvalue weighted by molar-refractivity contribution is 0.244. The summed E-state index contributed by atoms with van der Waals surface area (Å²) in [6, 6.07) is 4.55. The Morgan fingerprint density at radius 2 is 1.81 bits per heavy atom. The van der Waals surface area contributed by atoms with Gasteiger partial charge in [0.05, 0.1) is 16.8 Å². The summed E-state index contributed by atoms with van der Waals surface area (Å²) < 4.78 is 30.5. The van der Waals surface area contributed by atoms with Gasteiger partial charge in [-0.05, 0) is 25.0 Å². The molecule has 32 heavy (non-hydrogen) atoms. The number of aromatic nitrogens is 2. The molecule has 3 N–H and O–H groups in total. The maximum Gasteiger partial charge on any atom is 0.319 e. The van der Waals surface area contributed by atoms with E-state index in [1.807, 2.05) is 0 Å². The number of benzene rings is 1. The molecule has 1 aromatic carbocycles. The number of fused-ring (bicyclic) bond motifs is 1. The second-order valence-electron chi connectivity index (χ2n) is 8.05. The van der Waals surface area contributed by atoms with E-state index < -0.39 is 23.2 Å². The summed E-state index contributed by atoms with van der Waals surface area (Å²) in [5, 5.41) is 8.82. The molecule has 1 fully saturated rings. The van der Waals surface area contributed by atoms with Crippen molar-refractivity contribution in [1.82, 2.24) is 14.9 Å². The van der Waals surface area contributed by atoms with E-state index in [0.29, 0.717) is 22.8 Å². The van der Waals surface area contributed by atoms with Gasteiger partial charge in [0.25, 0.3) is 5.56 Å². The van der Waals surface area contributed by atoms with Gasteiger partial charge in [-0.3, -0.25) is 4.79 Å². The molecule has 0 bridgehead atoms. The highest BCUT2D eigenvalue weighted by molar-refractivity contribution is 5.91. The van der Waals surface area contributed by atoms with Crippen LogP contribution in [0.2, 0.25) is 0 Å². The third-order valence-corrected chi connectivity index (χ3v) is 5.90. The average Bonchev–Trinajstić information content (AvgIpc) is 2.78. The summed E-state index contributed by atoms with van der Waals surface area (Å²) >= 11 is 0. The summed E-state index contributed by atoms with van der Waals surface area (Å²) in [6.07, 6.45) is 6.54. The van der Waals surface area contributed by atoms with Crippen LogP contribution in [0.4, 0.5) is 25.1 Å². The van der Waals surface area contributed by atoms with Crippen molar-refractivity contribution in [3.8, 4) is 11.1 Å². The third kappa shape index (κ3) is 4.28. The van der Waals surface area contributed by atoms with Crippen LogP contribution in [0.15, 0.2) is 35.3 Å². The molecule has 2 heterocycles. The second-order valence-corrected chi connectivity index (χ2v) is 8.05. The zero-order valence-electron chi connectivity index (χ0n) is 18.0. The monoisotopic (exact) mass is 441 g/mol. The molecule has 1 aliphatic carbocycles. The molecule has 9 heteroatoms. The Bertz CT molecular complexity index is 1240. The second kappa shape index (κ2) is 8.94. The van der Waals surface area contributed by atoms with E-state index >= 15 is 0 Å². The van der Waals surface area contributed by atoms with Crippen molar-refractivity contribution in [2.75, 3.05) is 17.7 Å². The van der Waals surface area contributed by atoms with E-state index in [0.717, 1.165) is 38.2 Å². The van der Waals surface area contributed by atoms with Gasteiger partial charge >= 0.3 is 6.03 Å². The Kier molecular flexibility index (Phi) is 6.07. The highest BCUT2D eigenvalue weighted by atomic mass is 19.1. The van der Waals surface area contributed by atoms with Crippen LogP contribution < -0.4 is 21.5 Å². The van der Waals surface area contributed by atoms with Crippen molar-refractivity contribution < 1.29 is 13.6 Å². The van der Waals surface area contributed by atoms with Crippen LogP contribution in [0, 0.1) is 11.6 Å². The van der Waals surface area contributed by atoms with Crippen LogP contribution in [-0.4, -0.2) is 28.7 Å². The van der Waals surface area contributed by atoms with E-state index in [1.165, 1.54) is 10.6 Å². The zero-order chi connectivity index (χ0) is 22.8. The minimum absolute atomic E-state index is 0.0366. The van der Waals surface area contributed by atoms with Crippen LogP contribution in [-0.2, 0) is 7.05 Å². The fourth-order valence-corrected chi connectivity index (χ4v) is 4.14. The minimum Gasteiger partial charge on any atom is -0.373 e. The summed E-state index contributed by atoms with van der Waals surface area (Å²) in [5.74, 6) is -1.22. The molecule has 0 radical (unpaired) electrons. The van der Waals surface area contributed by atoms with Crippen molar-refractivity contribution in [1.29, 1.82) is 0 Å². The van der Waals surface area contributed by atoms with Crippen molar-refractivity contribution in [2.45, 2.75) is 38.1 Å². The fraction of sp³-hybridized carbons (Fsp3) is 0.348. The highest BCUT2D eigenvalue weighted by Crippen LogP contribution is 2.29. The number of nitrogens with zero attached hydrogens (tertiary/aromatic N) is 2. The molecule has 0 spiro atoms. The van der Waals surface area contributed by atoms with Crippen molar-refractivity contribution in [3.05, 3.63) is 52.5 Å². The van der Waals surface area contributed by atoms with Crippen LogP contribution in [0.25, 0.3) is 22.0 Å². The molecular formula is C23H25F2N5O2. The van der Waals surface area contributed by atoms with Crippen LogP contribution in [0.3, 0.4) is 0 Å². The van der Waals surface area contributed by atoms with Gasteiger partial charge in [0.2, 0.25) is 0 Å². The smallest absolute Gasteiger partial charge is 0.319 e. The van der Waals surface area contributed by atoms with Gasteiger partial charge in [-0.2, -0.15) is 0 Å². The van der Waals surface area contributed by atoms with Gasteiger partial charge < -0.3 is 20.5 Å². The number of hydrogen-bond donors (Lipinski definition) is 3. The van der Waals surface area contributed by atoms with Crippen LogP contribution in [0.1, 0.15) is 32.1 Å². The molecule has 1 aliphatic rings. The fourth-order valence-electron chi connectivity index (χ4n) is 4.14. The van der Waals surface area contributed by atoms with E-state index in [9.17, 15) is 18.4 Å². The quantitative estimate of drug-likeness (QED) is 0.561. The predicted octanol–water partition coefficient (Wildman–Crippen LogP) is 4.37. The lowest BCUT2D eigenvalue weighted by atomic mass is 9.96. The third-order valence-electron chi connectivity index (χ3n) is 5.90. The van der Waals surface area contributed by atoms with Gasteiger partial charge in [-0.15, -0.1) is 0 Å². The van der Waals surface area contributed by atoms with Gasteiger partial charge in [-0.1, -0.05) is 19.3 Å². The first-order chi connectivity index (χ1) is 15.4. The molecule has 3 aromatic rings. The first kappa shape index (κ1) is 21.7. The number of amides is 2. The van der Waals surface area contributed by atoms with Gasteiger partial charge in [0.1, 0.15) is 17.5 Å². The molecule has 2 amide bonds. The molecule has 168 valence electrons. The first-order valence-corrected chi connectivity index (χ1v) is 10.6. The summed E-state index contributed by atoms with van der Waals surface area (Å²) in [4.78, 5) is 29.6. The van der Waals surface area contributed by atoms with Gasteiger partial charge in [-0.25, -0.2) is 18.6 Å². The lowest BCUT2D eigenvalue weighted by Crippen LogP contribution is -2.39. The topological polar surface area (TPSA) is 88.1 Å². The molecule has 0 atom stereocenters. The molecular weight excluding hydrogens is 416 g/mol. The Morgan fingerprint density at radius 1 is 1.06 bits per heavy atom. The van der Waals surface area contributed by atoms with Crippen LogP contribution >= 0.6 is 0 Å². The number of rotatable bonds is 4. The van der Waals surface area contributed by atoms with Gasteiger partial charge in [0, 0.05) is 49.4 Å². The number of carbonyl (C=O) groups excluding carboxylic acids is 1. The summed E-state index contributed by atoms with van der Waals surface area (Å²) in [7, 11) is 3.29. The Balaban J connectivity index is 1.69. The number of pyridine rings is 2. The minimum atomic E-state index is -0.914. The number of nitrogens with one attached hydrogen (secondary N) is 3. The first-order valence-electron chi connectivity index (χ1n) is 10.6. The molecule has 0 saturated heterocycles. The number of carbonyl (C=O) groups is 1. The number of aryl methyl sites for hydroxylation is 1. The molecule has 0 unspecified atom stereocenters. The standard InChI is InChI=1S/C23H25F2N5O2/c1-26-21-11-20-13(12-27-21)8-16(22(31)30(20)2)15-9-19(18(25)10-17(15)24)29-23(32)28-14-6-4-3-5-7-14/h8-12,14H,3-7H2,1-2H3,(H,26,27)(H2,28,29,32). The Hall–Kier alpha value is -3.49. The average molecular weight is 441 g/mol. The molecule has 4 rings (SSSR count). The van der Waals surface area contributed by atoms with Crippen LogP contribution in [0.5, 0.6) is 0 Å². The van der Waals surface area contributed by atoms with E-state index in [2.05, 4.69) is 20.9 Å². The van der Waals surface area contributed by atoms with E-state index in [1.54, 1.807) is 26.4 Å². The number of hydrogen-bond acceptors (Lipinski definition) is 4. The normalized spacial score (nSPS) is 14.4. The van der Waals surface area contributed by atoms with Crippen molar-refractivity contribution in [3.63, 3.8) is 0 Å². The van der Waals surface area contributed by atoms with E-state index in [-0.39, 0.29) is 22.9 Å². The molecule has 7 nitrogen and oxygen atoms in total. The highest BCUT2D eigenvalue weighted by Gasteiger charge is 2.20. The molecule has 1 saturated carbocycles. The number of urea groups is 1. The molecule has 2 aromatic heterocycles. The van der Waals surface area contributed by atoms with E-state index in [4.69, 9.17) is 0 Å². The maximum atomic E-state index is 14.7. The maximum absolute atomic E-state index is 14.7. The SMILES string of the molecule is CNc1cc2c(cn1)cc(-c1cc(NC(=O)NC3CCCCC3)c(F)cc1F)c(=O)n2C. The lowest BCUT2D eigenvalue weighted by Gasteiger charge is -2.23. The zero-order valence-corrected chi connectivity index (χ0v) is 18.0.